The highest BCUT2D eigenvalue weighted by Crippen LogP contribution is 2.26. The van der Waals surface area contributed by atoms with E-state index in [0.29, 0.717) is 30.1 Å². The van der Waals surface area contributed by atoms with Gasteiger partial charge >= 0.3 is 0 Å². The number of carbonyl (C=O) groups excluding carboxylic acids is 1. The molecule has 1 saturated heterocycles. The van der Waals surface area contributed by atoms with Gasteiger partial charge in [0.25, 0.3) is 0 Å². The highest BCUT2D eigenvalue weighted by atomic mass is 35.5. The van der Waals surface area contributed by atoms with Gasteiger partial charge in [-0.2, -0.15) is 0 Å². The molecule has 164 valence electrons. The van der Waals surface area contributed by atoms with Gasteiger partial charge in [0.05, 0.1) is 11.9 Å². The number of benzene rings is 1. The lowest BCUT2D eigenvalue weighted by Gasteiger charge is -2.32. The first-order chi connectivity index (χ1) is 13.7. The molecule has 1 heterocycles. The lowest BCUT2D eigenvalue weighted by molar-refractivity contribution is -0.121. The Morgan fingerprint density at radius 2 is 1.90 bits per heavy atom. The number of rotatable bonds is 10. The lowest BCUT2D eigenvalue weighted by atomic mass is 10.2. The molecule has 0 aromatic heterocycles. The molecule has 29 heavy (non-hydrogen) atoms. The van der Waals surface area contributed by atoms with Gasteiger partial charge in [-0.15, -0.1) is 0 Å². The first-order valence-corrected chi connectivity index (χ1v) is 12.3. The Balaban J connectivity index is 1.73. The van der Waals surface area contributed by atoms with Gasteiger partial charge in [0.15, 0.2) is 0 Å². The van der Waals surface area contributed by atoms with Gasteiger partial charge in [-0.05, 0) is 51.1 Å². The quantitative estimate of drug-likeness (QED) is 0.558. The monoisotopic (exact) mass is 444 g/mol. The summed E-state index contributed by atoms with van der Waals surface area (Å²) in [6.45, 7) is 8.07. The van der Waals surface area contributed by atoms with Crippen LogP contribution in [0.4, 0.5) is 5.69 Å². The van der Waals surface area contributed by atoms with Crippen molar-refractivity contribution in [3.63, 3.8) is 0 Å². The van der Waals surface area contributed by atoms with Gasteiger partial charge < -0.3 is 15.1 Å². The fraction of sp³-hybridized carbons (Fsp3) is 0.650. The molecule has 0 radical (unpaired) electrons. The molecule has 1 aliphatic rings. The summed E-state index contributed by atoms with van der Waals surface area (Å²) in [5.74, 6) is -0.0420. The molecule has 0 atom stereocenters. The highest BCUT2D eigenvalue weighted by molar-refractivity contribution is 7.92. The van der Waals surface area contributed by atoms with Crippen LogP contribution in [0.3, 0.4) is 0 Å². The molecule has 2 rings (SSSR count). The van der Waals surface area contributed by atoms with Crippen LogP contribution in [0.2, 0.25) is 5.02 Å². The summed E-state index contributed by atoms with van der Waals surface area (Å²) >= 11 is 6.04. The standard InChI is InChI=1S/C20H33ClN4O3S/c1-17-7-8-18(21)16-19(17)25(29(3,27)28)11-4-6-20(26)22-9-5-10-24-14-12-23(2)13-15-24/h7-8,16H,4-6,9-15H2,1-3H3,(H,22,26). The maximum Gasteiger partial charge on any atom is 0.232 e. The molecule has 1 aromatic carbocycles. The van der Waals surface area contributed by atoms with Crippen molar-refractivity contribution in [3.8, 4) is 0 Å². The Kier molecular flexibility index (Phi) is 9.20. The fourth-order valence-corrected chi connectivity index (χ4v) is 4.57. The van der Waals surface area contributed by atoms with Gasteiger partial charge in [0, 0.05) is 50.7 Å². The second-order valence-corrected chi connectivity index (χ2v) is 10.1. The number of aryl methyl sites for hydroxylation is 1. The molecule has 9 heteroatoms. The molecule has 7 nitrogen and oxygen atoms in total. The highest BCUT2D eigenvalue weighted by Gasteiger charge is 2.20. The number of carbonyl (C=O) groups is 1. The minimum atomic E-state index is -3.46. The predicted molar refractivity (Wildman–Crippen MR) is 119 cm³/mol. The third kappa shape index (κ3) is 8.12. The number of halogens is 1. The van der Waals surface area contributed by atoms with E-state index in [1.165, 1.54) is 10.6 Å². The average molecular weight is 445 g/mol. The van der Waals surface area contributed by atoms with E-state index in [2.05, 4.69) is 22.2 Å². The summed E-state index contributed by atoms with van der Waals surface area (Å²) in [5, 5.41) is 3.42. The Bertz CT molecular complexity index is 780. The predicted octanol–water partition coefficient (Wildman–Crippen LogP) is 1.95. The van der Waals surface area contributed by atoms with Crippen LogP contribution in [0, 0.1) is 6.92 Å². The van der Waals surface area contributed by atoms with Gasteiger partial charge in [-0.1, -0.05) is 17.7 Å². The van der Waals surface area contributed by atoms with Crippen LogP contribution in [0.5, 0.6) is 0 Å². The number of hydrogen-bond donors (Lipinski definition) is 1. The summed E-state index contributed by atoms with van der Waals surface area (Å²) in [7, 11) is -1.32. The molecule has 0 bridgehead atoms. The van der Waals surface area contributed by atoms with Crippen molar-refractivity contribution >= 4 is 33.2 Å². The van der Waals surface area contributed by atoms with Gasteiger partial charge in [0.1, 0.15) is 0 Å². The summed E-state index contributed by atoms with van der Waals surface area (Å²) in [6, 6.07) is 5.18. The molecule has 0 unspecified atom stereocenters. The van der Waals surface area contributed by atoms with Crippen LogP contribution in [-0.4, -0.2) is 83.2 Å². The van der Waals surface area contributed by atoms with Gasteiger partial charge in [-0.25, -0.2) is 8.42 Å². The van der Waals surface area contributed by atoms with E-state index in [4.69, 9.17) is 11.6 Å². The molecular formula is C20H33ClN4O3S. The molecule has 0 saturated carbocycles. The van der Waals surface area contributed by atoms with E-state index in [9.17, 15) is 13.2 Å². The zero-order valence-electron chi connectivity index (χ0n) is 17.7. The van der Waals surface area contributed by atoms with Crippen LogP contribution in [-0.2, 0) is 14.8 Å². The van der Waals surface area contributed by atoms with Crippen molar-refractivity contribution in [1.82, 2.24) is 15.1 Å². The third-order valence-corrected chi connectivity index (χ3v) is 6.59. The van der Waals surface area contributed by atoms with Crippen LogP contribution in [0.1, 0.15) is 24.8 Å². The number of sulfonamides is 1. The number of hydrogen-bond acceptors (Lipinski definition) is 5. The van der Waals surface area contributed by atoms with Crippen LogP contribution < -0.4 is 9.62 Å². The number of nitrogens with one attached hydrogen (secondary N) is 1. The Morgan fingerprint density at radius 1 is 1.21 bits per heavy atom. The number of likely N-dealkylation sites (N-methyl/N-ethyl adjacent to an activating group) is 1. The zero-order valence-corrected chi connectivity index (χ0v) is 19.2. The van der Waals surface area contributed by atoms with Crippen molar-refractivity contribution in [3.05, 3.63) is 28.8 Å². The lowest BCUT2D eigenvalue weighted by Crippen LogP contribution is -2.45. The van der Waals surface area contributed by atoms with Crippen LogP contribution >= 0.6 is 11.6 Å². The number of amides is 1. The number of piperazine rings is 1. The fourth-order valence-electron chi connectivity index (χ4n) is 3.39. The summed E-state index contributed by atoms with van der Waals surface area (Å²) in [5.41, 5.74) is 1.39. The minimum absolute atomic E-state index is 0.0420. The first kappa shape index (κ1) is 23.9. The largest absolute Gasteiger partial charge is 0.356 e. The average Bonchev–Trinajstić information content (AvgIpc) is 2.65. The summed E-state index contributed by atoms with van der Waals surface area (Å²) in [6.07, 6.45) is 2.84. The van der Waals surface area contributed by atoms with Crippen molar-refractivity contribution in [2.75, 3.05) is 63.4 Å². The molecular weight excluding hydrogens is 412 g/mol. The van der Waals surface area contributed by atoms with Crippen LogP contribution in [0.15, 0.2) is 18.2 Å². The van der Waals surface area contributed by atoms with Gasteiger partial charge in [0.2, 0.25) is 15.9 Å². The molecule has 1 amide bonds. The molecule has 1 aliphatic heterocycles. The molecule has 0 aliphatic carbocycles. The molecule has 1 N–H and O–H groups in total. The SMILES string of the molecule is Cc1ccc(Cl)cc1N(CCCC(=O)NCCCN1CCN(C)CC1)S(C)(=O)=O. The maximum absolute atomic E-state index is 12.2. The second-order valence-electron chi connectivity index (χ2n) is 7.72. The Hall–Kier alpha value is -1.35. The van der Waals surface area contributed by atoms with Crippen LogP contribution in [0.25, 0.3) is 0 Å². The van der Waals surface area contributed by atoms with E-state index < -0.39 is 10.0 Å². The number of nitrogens with zero attached hydrogens (tertiary/aromatic N) is 3. The number of anilines is 1. The van der Waals surface area contributed by atoms with Gasteiger partial charge in [-0.3, -0.25) is 9.10 Å². The normalized spacial score (nSPS) is 16.0. The van der Waals surface area contributed by atoms with E-state index in [1.54, 1.807) is 18.2 Å². The zero-order chi connectivity index (χ0) is 21.4. The van der Waals surface area contributed by atoms with Crippen molar-refractivity contribution in [2.24, 2.45) is 0 Å². The minimum Gasteiger partial charge on any atom is -0.356 e. The van der Waals surface area contributed by atoms with E-state index >= 15 is 0 Å². The van der Waals surface area contributed by atoms with Crippen molar-refractivity contribution in [1.29, 1.82) is 0 Å². The molecule has 0 spiro atoms. The van der Waals surface area contributed by atoms with E-state index in [1.807, 2.05) is 6.92 Å². The Morgan fingerprint density at radius 3 is 2.55 bits per heavy atom. The Labute approximate surface area is 180 Å². The third-order valence-electron chi connectivity index (χ3n) is 5.17. The van der Waals surface area contributed by atoms with E-state index in [-0.39, 0.29) is 12.5 Å². The molecule has 1 aromatic rings. The van der Waals surface area contributed by atoms with E-state index in [0.717, 1.165) is 44.7 Å². The summed E-state index contributed by atoms with van der Waals surface area (Å²) < 4.78 is 25.8. The maximum atomic E-state index is 12.2. The molecule has 1 fully saturated rings. The topological polar surface area (TPSA) is 73.0 Å². The van der Waals surface area contributed by atoms with Crippen molar-refractivity contribution in [2.45, 2.75) is 26.2 Å². The first-order valence-electron chi connectivity index (χ1n) is 10.1. The summed E-state index contributed by atoms with van der Waals surface area (Å²) in [4.78, 5) is 16.8. The second kappa shape index (κ2) is 11.2. The van der Waals surface area contributed by atoms with Crippen molar-refractivity contribution < 1.29 is 13.2 Å². The smallest absolute Gasteiger partial charge is 0.232 e.